The lowest BCUT2D eigenvalue weighted by Crippen LogP contribution is -2.68. The third kappa shape index (κ3) is 13.7. The molecule has 2 rings (SSSR count). The molecular weight excluding hydrogens is 1090 g/mol. The Kier molecular flexibility index (Phi) is 20.4. The number of ether oxygens (including phenoxy) is 5. The SMILES string of the molecule is C=C(C(=O)OC(C1CC(OC(C)OCC)CC(C(O)(C(F)(F)F)C(F)(F)F)C1)(C(F)(F)F)C(F)(F)F)C(F)(F)F.CCOC(C)OC1CC(C(O)(C(F)(F)F)C(F)(F)F)CC(C(O)(C(F)(F)F)C(F)(F)F)C1. The highest BCUT2D eigenvalue weighted by Gasteiger charge is 2.82. The molecule has 0 aromatic carbocycles. The molecule has 0 heterocycles. The summed E-state index contributed by atoms with van der Waals surface area (Å²) < 4.78 is 386. The smallest absolute Gasteiger partial charge is 0.436 e. The summed E-state index contributed by atoms with van der Waals surface area (Å²) in [4.78, 5) is 11.8. The lowest BCUT2D eigenvalue weighted by atomic mass is 9.65. The maximum Gasteiger partial charge on any atom is 0.437 e. The van der Waals surface area contributed by atoms with Crippen molar-refractivity contribution in [2.45, 2.75) is 169 Å². The van der Waals surface area contributed by atoms with Crippen molar-refractivity contribution in [1.29, 1.82) is 0 Å². The average molecular weight is 1130 g/mol. The van der Waals surface area contributed by atoms with E-state index in [0.717, 1.165) is 13.8 Å². The van der Waals surface area contributed by atoms with Gasteiger partial charge in [-0.25, -0.2) is 4.79 Å². The minimum atomic E-state index is -6.97. The molecule has 2 saturated carbocycles. The van der Waals surface area contributed by atoms with Gasteiger partial charge in [0.25, 0.3) is 16.8 Å². The molecule has 0 radical (unpaired) electrons. The van der Waals surface area contributed by atoms with E-state index in [-0.39, 0.29) is 13.2 Å². The molecule has 0 aromatic rings. The molecular formula is C36H41F27O9. The molecule has 0 saturated heterocycles. The molecule has 7 unspecified atom stereocenters. The second-order valence-electron chi connectivity index (χ2n) is 16.1. The van der Waals surface area contributed by atoms with E-state index in [0.29, 0.717) is 0 Å². The van der Waals surface area contributed by atoms with Gasteiger partial charge in [0, 0.05) is 36.9 Å². The van der Waals surface area contributed by atoms with Crippen LogP contribution in [-0.4, -0.2) is 137 Å². The summed E-state index contributed by atoms with van der Waals surface area (Å²) in [6.07, 6.45) is -77.7. The summed E-state index contributed by atoms with van der Waals surface area (Å²) in [5.41, 5.74) is -26.2. The number of carbonyl (C=O) groups is 1. The van der Waals surface area contributed by atoms with E-state index in [2.05, 4.69) is 4.74 Å². The van der Waals surface area contributed by atoms with Crippen molar-refractivity contribution in [1.82, 2.24) is 0 Å². The van der Waals surface area contributed by atoms with Gasteiger partial charge in [0.2, 0.25) is 0 Å². The number of halogens is 27. The number of aliphatic hydroxyl groups is 3. The van der Waals surface area contributed by atoms with Crippen molar-refractivity contribution in [3.8, 4) is 0 Å². The Morgan fingerprint density at radius 1 is 0.444 bits per heavy atom. The first-order chi connectivity index (χ1) is 31.6. The minimum Gasteiger partial charge on any atom is -0.436 e. The van der Waals surface area contributed by atoms with Crippen molar-refractivity contribution in [2.24, 2.45) is 23.7 Å². The Morgan fingerprint density at radius 2 is 0.681 bits per heavy atom. The third-order valence-corrected chi connectivity index (χ3v) is 11.5. The summed E-state index contributed by atoms with van der Waals surface area (Å²) >= 11 is 0. The first-order valence-electron chi connectivity index (χ1n) is 19.9. The van der Waals surface area contributed by atoms with Crippen LogP contribution in [0.4, 0.5) is 119 Å². The average Bonchev–Trinajstić information content (AvgIpc) is 3.14. The summed E-state index contributed by atoms with van der Waals surface area (Å²) in [6.45, 7) is 6.26. The topological polar surface area (TPSA) is 124 Å². The molecule has 9 nitrogen and oxygen atoms in total. The molecule has 428 valence electrons. The van der Waals surface area contributed by atoms with Crippen LogP contribution in [-0.2, 0) is 28.5 Å². The second-order valence-corrected chi connectivity index (χ2v) is 16.1. The van der Waals surface area contributed by atoms with E-state index < -0.39 is 177 Å². The van der Waals surface area contributed by atoms with Crippen LogP contribution in [0.1, 0.15) is 66.2 Å². The van der Waals surface area contributed by atoms with Crippen molar-refractivity contribution in [3.05, 3.63) is 12.2 Å². The van der Waals surface area contributed by atoms with E-state index in [1.54, 1.807) is 0 Å². The van der Waals surface area contributed by atoms with Gasteiger partial charge in [-0.1, -0.05) is 6.58 Å². The van der Waals surface area contributed by atoms with E-state index in [1.807, 2.05) is 6.58 Å². The summed E-state index contributed by atoms with van der Waals surface area (Å²) in [5, 5.41) is 28.9. The Bertz CT molecular complexity index is 1670. The zero-order valence-electron chi connectivity index (χ0n) is 36.5. The fraction of sp³-hybridized carbons (Fsp3) is 0.917. The molecule has 0 aliphatic heterocycles. The zero-order valence-corrected chi connectivity index (χ0v) is 36.5. The van der Waals surface area contributed by atoms with Gasteiger partial charge in [-0.2, -0.15) is 119 Å². The Hall–Kier alpha value is -2.96. The maximum atomic E-state index is 14.1. The molecule has 2 fully saturated rings. The summed E-state index contributed by atoms with van der Waals surface area (Å²) in [6, 6.07) is 0. The van der Waals surface area contributed by atoms with Gasteiger partial charge in [-0.3, -0.25) is 0 Å². The van der Waals surface area contributed by atoms with Crippen LogP contribution in [0.5, 0.6) is 0 Å². The fourth-order valence-electron chi connectivity index (χ4n) is 8.22. The van der Waals surface area contributed by atoms with Crippen LogP contribution in [0.25, 0.3) is 0 Å². The number of rotatable bonds is 14. The van der Waals surface area contributed by atoms with Gasteiger partial charge in [0.1, 0.15) is 5.57 Å². The molecule has 0 aromatic heterocycles. The van der Waals surface area contributed by atoms with Crippen molar-refractivity contribution >= 4 is 5.97 Å². The largest absolute Gasteiger partial charge is 0.437 e. The minimum absolute atomic E-state index is 0.120. The number of hydrogen-bond acceptors (Lipinski definition) is 9. The molecule has 0 amide bonds. The van der Waals surface area contributed by atoms with Crippen LogP contribution in [0, 0.1) is 23.7 Å². The zero-order chi connectivity index (χ0) is 57.5. The predicted octanol–water partition coefficient (Wildman–Crippen LogP) is 11.4. The normalized spacial score (nSPS) is 24.2. The van der Waals surface area contributed by atoms with E-state index in [9.17, 15) is 139 Å². The van der Waals surface area contributed by atoms with Gasteiger partial charge < -0.3 is 39.0 Å². The van der Waals surface area contributed by atoms with Crippen LogP contribution in [0.15, 0.2) is 12.2 Å². The van der Waals surface area contributed by atoms with Gasteiger partial charge >= 0.3 is 67.2 Å². The molecule has 36 heteroatoms. The molecule has 72 heavy (non-hydrogen) atoms. The Morgan fingerprint density at radius 3 is 0.889 bits per heavy atom. The van der Waals surface area contributed by atoms with Crippen LogP contribution < -0.4 is 0 Å². The second kappa shape index (κ2) is 21.9. The molecule has 2 aliphatic rings. The van der Waals surface area contributed by atoms with Gasteiger partial charge in [-0.05, 0) is 66.2 Å². The predicted molar refractivity (Wildman–Crippen MR) is 181 cm³/mol. The highest BCUT2D eigenvalue weighted by atomic mass is 19.5. The first kappa shape index (κ1) is 67.1. The van der Waals surface area contributed by atoms with Crippen LogP contribution >= 0.6 is 0 Å². The molecule has 0 spiro atoms. The molecule has 0 bridgehead atoms. The monoisotopic (exact) mass is 1130 g/mol. The Labute approximate surface area is 386 Å². The molecule has 7 atom stereocenters. The van der Waals surface area contributed by atoms with E-state index in [4.69, 9.17) is 18.9 Å². The summed E-state index contributed by atoms with van der Waals surface area (Å²) in [7, 11) is 0. The molecule has 2 aliphatic carbocycles. The van der Waals surface area contributed by atoms with Crippen LogP contribution in [0.3, 0.4) is 0 Å². The third-order valence-electron chi connectivity index (χ3n) is 11.5. The highest BCUT2D eigenvalue weighted by Crippen LogP contribution is 2.61. The fourth-order valence-corrected chi connectivity index (χ4v) is 8.22. The van der Waals surface area contributed by atoms with Crippen molar-refractivity contribution < 1.29 is 162 Å². The standard InChI is InChI=1S/C20H21F15O5.C16H20F12O4/c1-4-38-9(3)39-12-6-10(14(37,17(24,25)26)18(27,28)29)5-11(7-12)15(19(30,31)32,20(33,34)35)40-13(36)8(2)16(21,22)23;1-3-31-7(2)32-10-5-8(11(29,13(17,18)19)14(20,21)22)4-9(6-10)12(30,15(23,24)25)16(26,27)28/h9-12,37H,2,4-7H2,1,3H3;7-10,29-30H,3-6H2,1-2H3. The van der Waals surface area contributed by atoms with Crippen molar-refractivity contribution in [3.63, 3.8) is 0 Å². The van der Waals surface area contributed by atoms with Crippen molar-refractivity contribution in [2.75, 3.05) is 13.2 Å². The number of alkyl halides is 27. The van der Waals surface area contributed by atoms with Gasteiger partial charge in [0.05, 0.1) is 12.2 Å². The number of carbonyl (C=O) groups excluding carboxylic acids is 1. The Balaban J connectivity index is 0.000000738. The lowest BCUT2D eigenvalue weighted by molar-refractivity contribution is -0.407. The number of hydrogen-bond donors (Lipinski definition) is 3. The van der Waals surface area contributed by atoms with Crippen LogP contribution in [0.2, 0.25) is 0 Å². The first-order valence-corrected chi connectivity index (χ1v) is 19.9. The van der Waals surface area contributed by atoms with Gasteiger partial charge in [0.15, 0.2) is 12.6 Å². The van der Waals surface area contributed by atoms with E-state index >= 15 is 0 Å². The van der Waals surface area contributed by atoms with Gasteiger partial charge in [-0.15, -0.1) is 0 Å². The highest BCUT2D eigenvalue weighted by molar-refractivity contribution is 5.89. The summed E-state index contributed by atoms with van der Waals surface area (Å²) in [5.74, 6) is -17.1. The van der Waals surface area contributed by atoms with E-state index in [1.165, 1.54) is 13.8 Å². The number of esters is 1. The quantitative estimate of drug-likeness (QED) is 0.0675. The lowest BCUT2D eigenvalue weighted by Gasteiger charge is -2.50. The molecule has 3 N–H and O–H groups in total. The maximum absolute atomic E-state index is 14.1.